The SMILES string of the molecule is Cc1cncc(C2CCCN(C(=O)c3cc(=O)c4ccccc4o3)C2)n1. The number of carbonyl (C=O) groups excluding carboxylic acids is 1. The Labute approximate surface area is 150 Å². The number of amides is 1. The zero-order valence-corrected chi connectivity index (χ0v) is 14.5. The van der Waals surface area contributed by atoms with Crippen LogP contribution in [0.15, 0.2) is 51.9 Å². The highest BCUT2D eigenvalue weighted by atomic mass is 16.3. The molecule has 0 spiro atoms. The molecule has 1 aliphatic heterocycles. The van der Waals surface area contributed by atoms with E-state index in [2.05, 4.69) is 9.97 Å². The molecule has 1 atom stereocenters. The maximum Gasteiger partial charge on any atom is 0.289 e. The molecule has 4 rings (SSSR count). The van der Waals surface area contributed by atoms with Gasteiger partial charge in [-0.1, -0.05) is 12.1 Å². The van der Waals surface area contributed by atoms with Crippen LogP contribution in [0, 0.1) is 6.92 Å². The summed E-state index contributed by atoms with van der Waals surface area (Å²) in [5.74, 6) is -0.0184. The molecule has 3 aromatic rings. The molecule has 1 aromatic carbocycles. The quantitative estimate of drug-likeness (QED) is 0.711. The zero-order chi connectivity index (χ0) is 18.1. The monoisotopic (exact) mass is 349 g/mol. The minimum Gasteiger partial charge on any atom is -0.451 e. The maximum absolute atomic E-state index is 12.9. The number of hydrogen-bond donors (Lipinski definition) is 0. The predicted molar refractivity (Wildman–Crippen MR) is 97.1 cm³/mol. The third-order valence-electron chi connectivity index (χ3n) is 4.75. The van der Waals surface area contributed by atoms with E-state index >= 15 is 0 Å². The van der Waals surface area contributed by atoms with E-state index in [4.69, 9.17) is 4.42 Å². The van der Waals surface area contributed by atoms with Crippen molar-refractivity contribution < 1.29 is 9.21 Å². The van der Waals surface area contributed by atoms with Gasteiger partial charge in [0.05, 0.1) is 16.8 Å². The summed E-state index contributed by atoms with van der Waals surface area (Å²) in [6.07, 6.45) is 5.33. The second-order valence-corrected chi connectivity index (χ2v) is 6.65. The van der Waals surface area contributed by atoms with Gasteiger partial charge in [0.15, 0.2) is 11.2 Å². The van der Waals surface area contributed by atoms with Crippen molar-refractivity contribution in [1.29, 1.82) is 0 Å². The Morgan fingerprint density at radius 1 is 1.27 bits per heavy atom. The number of piperidine rings is 1. The minimum atomic E-state index is -0.252. The first-order chi connectivity index (χ1) is 12.6. The first-order valence-electron chi connectivity index (χ1n) is 8.72. The number of hydrogen-bond acceptors (Lipinski definition) is 5. The van der Waals surface area contributed by atoms with Gasteiger partial charge in [-0.25, -0.2) is 0 Å². The molecule has 1 amide bonds. The lowest BCUT2D eigenvalue weighted by molar-refractivity contribution is 0.0674. The van der Waals surface area contributed by atoms with Gasteiger partial charge in [-0.05, 0) is 31.9 Å². The van der Waals surface area contributed by atoms with Crippen LogP contribution in [0.3, 0.4) is 0 Å². The first-order valence-corrected chi connectivity index (χ1v) is 8.72. The lowest BCUT2D eigenvalue weighted by Crippen LogP contribution is -2.39. The number of para-hydroxylation sites is 1. The second kappa shape index (κ2) is 6.71. The van der Waals surface area contributed by atoms with E-state index in [1.165, 1.54) is 6.07 Å². The summed E-state index contributed by atoms with van der Waals surface area (Å²) in [4.78, 5) is 35.7. The molecule has 0 aliphatic carbocycles. The highest BCUT2D eigenvalue weighted by Crippen LogP contribution is 2.26. The van der Waals surface area contributed by atoms with Crippen molar-refractivity contribution in [3.63, 3.8) is 0 Å². The third-order valence-corrected chi connectivity index (χ3v) is 4.75. The number of rotatable bonds is 2. The van der Waals surface area contributed by atoms with Gasteiger partial charge in [0.2, 0.25) is 0 Å². The first kappa shape index (κ1) is 16.4. The fourth-order valence-electron chi connectivity index (χ4n) is 3.45. The Balaban J connectivity index is 1.61. The number of carbonyl (C=O) groups is 1. The van der Waals surface area contributed by atoms with E-state index < -0.39 is 0 Å². The van der Waals surface area contributed by atoms with Crippen LogP contribution >= 0.6 is 0 Å². The molecule has 1 aliphatic rings. The van der Waals surface area contributed by atoms with Gasteiger partial charge in [0.25, 0.3) is 5.91 Å². The molecule has 1 saturated heterocycles. The van der Waals surface area contributed by atoms with Crippen LogP contribution in [-0.2, 0) is 0 Å². The summed E-state index contributed by atoms with van der Waals surface area (Å²) in [5.41, 5.74) is 2.00. The Bertz CT molecular complexity index is 1030. The van der Waals surface area contributed by atoms with Crippen LogP contribution in [0.25, 0.3) is 11.0 Å². The average Bonchev–Trinajstić information content (AvgIpc) is 2.67. The summed E-state index contributed by atoms with van der Waals surface area (Å²) in [5, 5.41) is 0.482. The molecule has 6 heteroatoms. The maximum atomic E-state index is 12.9. The summed E-state index contributed by atoms with van der Waals surface area (Å²) >= 11 is 0. The number of nitrogens with zero attached hydrogens (tertiary/aromatic N) is 3. The van der Waals surface area contributed by atoms with Crippen LogP contribution in [0.2, 0.25) is 0 Å². The highest BCUT2D eigenvalue weighted by Gasteiger charge is 2.28. The molecule has 0 bridgehead atoms. The molecule has 3 heterocycles. The van der Waals surface area contributed by atoms with E-state index in [1.54, 1.807) is 41.6 Å². The molecule has 6 nitrogen and oxygen atoms in total. The Morgan fingerprint density at radius 3 is 2.96 bits per heavy atom. The van der Waals surface area contributed by atoms with E-state index in [9.17, 15) is 9.59 Å². The zero-order valence-electron chi connectivity index (χ0n) is 14.5. The standard InChI is InChI=1S/C20H19N3O3/c1-13-10-21-11-16(22-13)14-5-4-8-23(12-14)20(25)19-9-17(24)15-6-2-3-7-18(15)26-19/h2-3,6-7,9-11,14H,4-5,8,12H2,1H3. The largest absolute Gasteiger partial charge is 0.451 e. The molecule has 132 valence electrons. The molecular formula is C20H19N3O3. The fraction of sp³-hybridized carbons (Fsp3) is 0.300. The van der Waals surface area contributed by atoms with Crippen LogP contribution < -0.4 is 5.43 Å². The van der Waals surface area contributed by atoms with Gasteiger partial charge in [-0.15, -0.1) is 0 Å². The van der Waals surface area contributed by atoms with Gasteiger partial charge >= 0.3 is 0 Å². The summed E-state index contributed by atoms with van der Waals surface area (Å²) in [6.45, 7) is 3.10. The number of benzene rings is 1. The lowest BCUT2D eigenvalue weighted by atomic mass is 9.94. The highest BCUT2D eigenvalue weighted by molar-refractivity contribution is 5.93. The van der Waals surface area contributed by atoms with Crippen molar-refractivity contribution in [2.45, 2.75) is 25.7 Å². The number of fused-ring (bicyclic) bond motifs is 1. The van der Waals surface area contributed by atoms with Crippen molar-refractivity contribution in [3.8, 4) is 0 Å². The predicted octanol–water partition coefficient (Wildman–Crippen LogP) is 2.91. The third kappa shape index (κ3) is 3.10. The molecule has 1 unspecified atom stereocenters. The summed E-state index contributed by atoms with van der Waals surface area (Å²) in [7, 11) is 0. The topological polar surface area (TPSA) is 76.3 Å². The molecule has 0 saturated carbocycles. The van der Waals surface area contributed by atoms with Crippen molar-refractivity contribution in [2.75, 3.05) is 13.1 Å². The van der Waals surface area contributed by atoms with Crippen molar-refractivity contribution in [2.24, 2.45) is 0 Å². The number of likely N-dealkylation sites (tertiary alicyclic amines) is 1. The molecule has 0 radical (unpaired) electrons. The Morgan fingerprint density at radius 2 is 2.12 bits per heavy atom. The molecule has 1 fully saturated rings. The average molecular weight is 349 g/mol. The normalized spacial score (nSPS) is 17.4. The van der Waals surface area contributed by atoms with Crippen LogP contribution in [0.5, 0.6) is 0 Å². The van der Waals surface area contributed by atoms with Crippen LogP contribution in [0.4, 0.5) is 0 Å². The molecular weight excluding hydrogens is 330 g/mol. The Kier molecular flexibility index (Phi) is 4.24. The van der Waals surface area contributed by atoms with Gasteiger partial charge in [-0.2, -0.15) is 0 Å². The van der Waals surface area contributed by atoms with Crippen LogP contribution in [-0.4, -0.2) is 33.9 Å². The number of aryl methyl sites for hydroxylation is 1. The summed E-state index contributed by atoms with van der Waals surface area (Å²) < 4.78 is 5.70. The number of aromatic nitrogens is 2. The fourth-order valence-corrected chi connectivity index (χ4v) is 3.45. The molecule has 2 aromatic heterocycles. The van der Waals surface area contributed by atoms with Gasteiger partial charge < -0.3 is 9.32 Å². The van der Waals surface area contributed by atoms with Crippen molar-refractivity contribution in [1.82, 2.24) is 14.9 Å². The molecule has 0 N–H and O–H groups in total. The summed E-state index contributed by atoms with van der Waals surface area (Å²) in [6, 6.07) is 8.25. The van der Waals surface area contributed by atoms with E-state index in [0.717, 1.165) is 24.2 Å². The van der Waals surface area contributed by atoms with E-state index in [1.807, 2.05) is 6.92 Å². The van der Waals surface area contributed by atoms with Gasteiger partial charge in [-0.3, -0.25) is 19.6 Å². The van der Waals surface area contributed by atoms with Crippen molar-refractivity contribution in [3.05, 3.63) is 70.1 Å². The van der Waals surface area contributed by atoms with Gasteiger partial charge in [0.1, 0.15) is 5.58 Å². The Hall–Kier alpha value is -3.02. The lowest BCUT2D eigenvalue weighted by Gasteiger charge is -2.32. The minimum absolute atomic E-state index is 0.0877. The van der Waals surface area contributed by atoms with Gasteiger partial charge in [0, 0.05) is 37.5 Å². The second-order valence-electron chi connectivity index (χ2n) is 6.65. The van der Waals surface area contributed by atoms with E-state index in [-0.39, 0.29) is 23.0 Å². The van der Waals surface area contributed by atoms with Crippen molar-refractivity contribution >= 4 is 16.9 Å². The van der Waals surface area contributed by atoms with Crippen LogP contribution in [0.1, 0.15) is 40.7 Å². The molecule has 26 heavy (non-hydrogen) atoms. The smallest absolute Gasteiger partial charge is 0.289 e. The van der Waals surface area contributed by atoms with E-state index in [0.29, 0.717) is 24.1 Å².